The van der Waals surface area contributed by atoms with Gasteiger partial charge in [0.1, 0.15) is 5.75 Å². The van der Waals surface area contributed by atoms with Crippen LogP contribution >= 0.6 is 11.3 Å². The Morgan fingerprint density at radius 1 is 1.03 bits per heavy atom. The fraction of sp³-hybridized carbons (Fsp3) is 0.440. The number of anilines is 1. The summed E-state index contributed by atoms with van der Waals surface area (Å²) in [4.78, 5) is 24.5. The van der Waals surface area contributed by atoms with E-state index in [1.54, 1.807) is 7.11 Å². The van der Waals surface area contributed by atoms with Crippen LogP contribution in [0.5, 0.6) is 5.75 Å². The molecule has 0 aliphatic carbocycles. The molecule has 0 atom stereocenters. The predicted octanol–water partition coefficient (Wildman–Crippen LogP) is 3.83. The van der Waals surface area contributed by atoms with Crippen LogP contribution < -0.4 is 9.64 Å². The second-order valence-electron chi connectivity index (χ2n) is 8.64. The smallest absolute Gasteiger partial charge is 0.236 e. The van der Waals surface area contributed by atoms with Crippen molar-refractivity contribution in [2.24, 2.45) is 0 Å². The van der Waals surface area contributed by atoms with Crippen molar-refractivity contribution in [3.8, 4) is 5.75 Å². The van der Waals surface area contributed by atoms with Gasteiger partial charge in [-0.3, -0.25) is 9.69 Å². The quantitative estimate of drug-likeness (QED) is 0.591. The molecule has 2 aliphatic rings. The normalized spacial score (nSPS) is 18.3. The number of hydrogen-bond donors (Lipinski definition) is 0. The Kier molecular flexibility index (Phi) is 6.28. The largest absolute Gasteiger partial charge is 0.497 e. The molecule has 2 fully saturated rings. The summed E-state index contributed by atoms with van der Waals surface area (Å²) in [5, 5.41) is 1.23. The van der Waals surface area contributed by atoms with E-state index < -0.39 is 0 Å². The van der Waals surface area contributed by atoms with Crippen molar-refractivity contribution in [3.05, 3.63) is 53.5 Å². The van der Waals surface area contributed by atoms with Gasteiger partial charge in [-0.15, -0.1) is 11.3 Å². The molecule has 3 heterocycles. The molecular weight excluding hydrogens is 420 g/mol. The summed E-state index contributed by atoms with van der Waals surface area (Å²) in [5.41, 5.74) is 2.28. The Morgan fingerprint density at radius 2 is 1.81 bits per heavy atom. The highest BCUT2D eigenvalue weighted by Crippen LogP contribution is 2.33. The number of aromatic nitrogens is 1. The zero-order valence-corrected chi connectivity index (χ0v) is 19.4. The van der Waals surface area contributed by atoms with Gasteiger partial charge in [0.25, 0.3) is 0 Å². The second-order valence-corrected chi connectivity index (χ2v) is 9.70. The third-order valence-electron chi connectivity index (χ3n) is 6.66. The van der Waals surface area contributed by atoms with Crippen LogP contribution in [0.3, 0.4) is 0 Å². The van der Waals surface area contributed by atoms with Crippen LogP contribution in [0.4, 0.5) is 5.69 Å². The number of nitrogens with zero attached hydrogens (tertiary/aromatic N) is 4. The molecule has 168 valence electrons. The van der Waals surface area contributed by atoms with Gasteiger partial charge in [-0.25, -0.2) is 4.98 Å². The SMILES string of the molecule is COc1cccc(N2CCN(CC(=O)N3CCC(c4nc5ccccc5s4)CC3)CC2)c1. The van der Waals surface area contributed by atoms with Crippen molar-refractivity contribution in [2.45, 2.75) is 18.8 Å². The van der Waals surface area contributed by atoms with E-state index in [4.69, 9.17) is 9.72 Å². The number of thiazole rings is 1. The summed E-state index contributed by atoms with van der Waals surface area (Å²) in [7, 11) is 1.70. The van der Waals surface area contributed by atoms with Crippen molar-refractivity contribution in [3.63, 3.8) is 0 Å². The molecule has 3 aromatic rings. The average Bonchev–Trinajstić information content (AvgIpc) is 3.29. The lowest BCUT2D eigenvalue weighted by molar-refractivity contribution is -0.133. The number of hydrogen-bond acceptors (Lipinski definition) is 6. The zero-order chi connectivity index (χ0) is 21.9. The number of benzene rings is 2. The van der Waals surface area contributed by atoms with Gasteiger partial charge in [-0.2, -0.15) is 0 Å². The van der Waals surface area contributed by atoms with Crippen LogP contribution in [0, 0.1) is 0 Å². The summed E-state index contributed by atoms with van der Waals surface area (Å²) in [6.07, 6.45) is 2.02. The summed E-state index contributed by atoms with van der Waals surface area (Å²) in [6.45, 7) is 5.88. The van der Waals surface area contributed by atoms with Crippen molar-refractivity contribution in [2.75, 3.05) is 57.8 Å². The third-order valence-corrected chi connectivity index (χ3v) is 7.86. The highest BCUT2D eigenvalue weighted by molar-refractivity contribution is 7.18. The Hall–Kier alpha value is -2.64. The Balaban J connectivity index is 1.10. The molecule has 0 radical (unpaired) electrons. The molecule has 0 spiro atoms. The number of methoxy groups -OCH3 is 1. The van der Waals surface area contributed by atoms with Crippen molar-refractivity contribution >= 4 is 33.1 Å². The van der Waals surface area contributed by atoms with Crippen molar-refractivity contribution in [1.29, 1.82) is 0 Å². The van der Waals surface area contributed by atoms with Crippen LogP contribution in [0.2, 0.25) is 0 Å². The molecule has 0 N–H and O–H groups in total. The van der Waals surface area contributed by atoms with E-state index >= 15 is 0 Å². The number of carbonyl (C=O) groups excluding carboxylic acids is 1. The van der Waals surface area contributed by atoms with Gasteiger partial charge >= 0.3 is 0 Å². The standard InChI is InChI=1S/C25H30N4O2S/c1-31-21-6-4-5-20(17-21)28-15-13-27(14-16-28)18-24(30)29-11-9-19(10-12-29)25-26-22-7-2-3-8-23(22)32-25/h2-8,17,19H,9-16,18H2,1H3. The predicted molar refractivity (Wildman–Crippen MR) is 130 cm³/mol. The lowest BCUT2D eigenvalue weighted by atomic mass is 9.97. The molecule has 6 nitrogen and oxygen atoms in total. The topological polar surface area (TPSA) is 48.9 Å². The third kappa shape index (κ3) is 4.59. The van der Waals surface area contributed by atoms with Crippen molar-refractivity contribution in [1.82, 2.24) is 14.8 Å². The Morgan fingerprint density at radius 3 is 2.56 bits per heavy atom. The number of carbonyl (C=O) groups is 1. The maximum Gasteiger partial charge on any atom is 0.236 e. The van der Waals surface area contributed by atoms with E-state index in [1.807, 2.05) is 29.5 Å². The molecular formula is C25H30N4O2S. The fourth-order valence-corrected chi connectivity index (χ4v) is 5.84. The minimum Gasteiger partial charge on any atom is -0.497 e. The second kappa shape index (κ2) is 9.46. The number of rotatable bonds is 5. The highest BCUT2D eigenvalue weighted by atomic mass is 32.1. The maximum absolute atomic E-state index is 12.9. The number of piperidine rings is 1. The summed E-state index contributed by atoms with van der Waals surface area (Å²) in [5.74, 6) is 1.62. The van der Waals surface area contributed by atoms with Gasteiger partial charge in [0.15, 0.2) is 0 Å². The number of likely N-dealkylation sites (tertiary alicyclic amines) is 1. The molecule has 7 heteroatoms. The lowest BCUT2D eigenvalue weighted by Gasteiger charge is -2.37. The molecule has 1 aromatic heterocycles. The first-order valence-electron chi connectivity index (χ1n) is 11.4. The Bertz CT molecular complexity index is 1040. The van der Waals surface area contributed by atoms with Gasteiger partial charge < -0.3 is 14.5 Å². The molecule has 32 heavy (non-hydrogen) atoms. The van der Waals surface area contributed by atoms with E-state index in [9.17, 15) is 4.79 Å². The number of ether oxygens (including phenoxy) is 1. The van der Waals surface area contributed by atoms with E-state index in [0.29, 0.717) is 12.5 Å². The number of para-hydroxylation sites is 1. The average molecular weight is 451 g/mol. The number of fused-ring (bicyclic) bond motifs is 1. The van der Waals surface area contributed by atoms with Crippen molar-refractivity contribution < 1.29 is 9.53 Å². The monoisotopic (exact) mass is 450 g/mol. The van der Waals surface area contributed by atoms with Crippen LogP contribution in [0.25, 0.3) is 10.2 Å². The number of piperazine rings is 1. The first-order chi connectivity index (χ1) is 15.7. The van der Waals surface area contributed by atoms with E-state index in [1.165, 1.54) is 15.4 Å². The fourth-order valence-electron chi connectivity index (χ4n) is 4.70. The van der Waals surface area contributed by atoms with Crippen LogP contribution in [-0.2, 0) is 4.79 Å². The minimum atomic E-state index is 0.266. The van der Waals surface area contributed by atoms with E-state index in [2.05, 4.69) is 45.0 Å². The zero-order valence-electron chi connectivity index (χ0n) is 18.6. The van der Waals surface area contributed by atoms with Gasteiger partial charge in [0, 0.05) is 56.9 Å². The minimum absolute atomic E-state index is 0.266. The first kappa shape index (κ1) is 21.2. The summed E-state index contributed by atoms with van der Waals surface area (Å²) >= 11 is 1.81. The van der Waals surface area contributed by atoms with Gasteiger partial charge in [0.2, 0.25) is 5.91 Å². The molecule has 2 saturated heterocycles. The molecule has 0 bridgehead atoms. The molecule has 0 saturated carbocycles. The first-order valence-corrected chi connectivity index (χ1v) is 12.3. The van der Waals surface area contributed by atoms with E-state index in [-0.39, 0.29) is 5.91 Å². The van der Waals surface area contributed by atoms with E-state index in [0.717, 1.165) is 63.4 Å². The van der Waals surface area contributed by atoms with Gasteiger partial charge in [0.05, 0.1) is 28.9 Å². The maximum atomic E-state index is 12.9. The van der Waals surface area contributed by atoms with Crippen LogP contribution in [-0.4, -0.2) is 73.6 Å². The Labute approximate surface area is 193 Å². The van der Waals surface area contributed by atoms with Crippen LogP contribution in [0.1, 0.15) is 23.8 Å². The molecule has 2 aromatic carbocycles. The van der Waals surface area contributed by atoms with Gasteiger partial charge in [-0.05, 0) is 37.1 Å². The lowest BCUT2D eigenvalue weighted by Crippen LogP contribution is -2.51. The molecule has 1 amide bonds. The summed E-state index contributed by atoms with van der Waals surface area (Å²) < 4.78 is 6.61. The molecule has 5 rings (SSSR count). The van der Waals surface area contributed by atoms with Crippen LogP contribution in [0.15, 0.2) is 48.5 Å². The van der Waals surface area contributed by atoms with Gasteiger partial charge in [-0.1, -0.05) is 18.2 Å². The molecule has 2 aliphatic heterocycles. The summed E-state index contributed by atoms with van der Waals surface area (Å²) in [6, 6.07) is 16.5. The molecule has 0 unspecified atom stereocenters. The highest BCUT2D eigenvalue weighted by Gasteiger charge is 2.27. The number of amides is 1.